The van der Waals surface area contributed by atoms with E-state index < -0.39 is 12.4 Å². The number of carbonyl (C=O) groups is 1. The average molecular weight is 464 g/mol. The van der Waals surface area contributed by atoms with Crippen molar-refractivity contribution in [3.8, 4) is 0 Å². The van der Waals surface area contributed by atoms with Crippen molar-refractivity contribution < 1.29 is 23.9 Å². The van der Waals surface area contributed by atoms with Crippen molar-refractivity contribution in [2.75, 3.05) is 7.11 Å². The molecule has 6 nitrogen and oxygen atoms in total. The molecule has 0 N–H and O–H groups in total. The second kappa shape index (κ2) is 8.45. The molecule has 0 spiro atoms. The summed E-state index contributed by atoms with van der Waals surface area (Å²) in [5.41, 5.74) is 2.03. The van der Waals surface area contributed by atoms with Crippen LogP contribution in [0.1, 0.15) is 56.6 Å². The third-order valence-electron chi connectivity index (χ3n) is 8.98. The van der Waals surface area contributed by atoms with E-state index in [1.165, 1.54) is 18.2 Å². The van der Waals surface area contributed by atoms with Crippen LogP contribution in [0.3, 0.4) is 0 Å². The van der Waals surface area contributed by atoms with Gasteiger partial charge in [-0.25, -0.2) is 9.63 Å². The molecule has 0 bridgehead atoms. The highest BCUT2D eigenvalue weighted by Gasteiger charge is 2.66. The van der Waals surface area contributed by atoms with Gasteiger partial charge in [0.15, 0.2) is 12.4 Å². The van der Waals surface area contributed by atoms with E-state index in [4.69, 9.17) is 19.1 Å². The third-order valence-corrected chi connectivity index (χ3v) is 8.98. The van der Waals surface area contributed by atoms with E-state index >= 15 is 0 Å². The van der Waals surface area contributed by atoms with E-state index in [0.717, 1.165) is 38.5 Å². The van der Waals surface area contributed by atoms with Crippen LogP contribution in [0, 0.1) is 11.8 Å². The van der Waals surface area contributed by atoms with Crippen molar-refractivity contribution in [3.05, 3.63) is 71.8 Å². The molecule has 0 unspecified atom stereocenters. The fraction of sp³-hybridized carbons (Fsp3) is 0.536. The minimum absolute atomic E-state index is 0.0112. The maximum absolute atomic E-state index is 12.4. The quantitative estimate of drug-likeness (QED) is 0.595. The van der Waals surface area contributed by atoms with Gasteiger partial charge >= 0.3 is 5.97 Å². The molecular formula is C28H33NO5. The molecule has 6 heteroatoms. The first kappa shape index (κ1) is 22.2. The summed E-state index contributed by atoms with van der Waals surface area (Å²) < 4.78 is 11.9. The van der Waals surface area contributed by atoms with Crippen LogP contribution in [0.25, 0.3) is 0 Å². The fourth-order valence-corrected chi connectivity index (χ4v) is 7.22. The molecule has 2 aromatic carbocycles. The number of esters is 1. The van der Waals surface area contributed by atoms with Gasteiger partial charge in [0, 0.05) is 17.8 Å². The first-order valence-corrected chi connectivity index (χ1v) is 12.6. The summed E-state index contributed by atoms with van der Waals surface area (Å²) in [5, 5.41) is 1.59. The lowest BCUT2D eigenvalue weighted by Gasteiger charge is -2.46. The second-order valence-electron chi connectivity index (χ2n) is 10.4. The van der Waals surface area contributed by atoms with E-state index in [1.807, 2.05) is 0 Å². The van der Waals surface area contributed by atoms with E-state index in [2.05, 4.69) is 67.6 Å². The van der Waals surface area contributed by atoms with Crippen molar-refractivity contribution in [2.45, 2.75) is 74.9 Å². The Morgan fingerprint density at radius 1 is 0.971 bits per heavy atom. The largest absolute Gasteiger partial charge is 0.467 e. The van der Waals surface area contributed by atoms with Crippen LogP contribution in [0.4, 0.5) is 0 Å². The predicted octanol–water partition coefficient (Wildman–Crippen LogP) is 4.78. The normalized spacial score (nSPS) is 36.4. The minimum Gasteiger partial charge on any atom is -0.467 e. The lowest BCUT2D eigenvalue weighted by molar-refractivity contribution is -0.462. The van der Waals surface area contributed by atoms with Gasteiger partial charge in [-0.1, -0.05) is 65.9 Å². The smallest absolute Gasteiger partial charge is 0.337 e. The number of carbonyl (C=O) groups excluding carboxylic acids is 1. The Bertz CT molecular complexity index is 990. The Kier molecular flexibility index (Phi) is 5.52. The number of hydrogen-bond acceptors (Lipinski definition) is 6. The number of hydroxylamine groups is 2. The average Bonchev–Trinajstić information content (AvgIpc) is 3.54. The SMILES string of the molecule is COC(=O)[C@H]1ON2O[C@H](O[C@@H]3CCCC3(c3ccccc3)c3ccccc3)C[C@@H]3CC[C@H]1[C@@]32C. The maximum atomic E-state index is 12.4. The predicted molar refractivity (Wildman–Crippen MR) is 125 cm³/mol. The molecule has 2 heterocycles. The van der Waals surface area contributed by atoms with Crippen molar-refractivity contribution in [1.29, 1.82) is 0 Å². The number of rotatable bonds is 5. The van der Waals surface area contributed by atoms with Crippen LogP contribution in [0.15, 0.2) is 60.7 Å². The van der Waals surface area contributed by atoms with Gasteiger partial charge in [0.25, 0.3) is 0 Å². The summed E-state index contributed by atoms with van der Waals surface area (Å²) in [6, 6.07) is 21.5. The standard InChI is InChI=1S/C28H33NO5/c1-27-21-15-16-22(27)25(26(30)31-2)34-29(27)33-24(18-21)32-23-14-9-17-28(23,19-10-5-3-6-11-19)20-12-7-4-8-13-20/h3-8,10-13,21-25H,9,14-18H2,1-2H3/t21-,22+,23+,24-,25-,27+/m0/s1. The molecule has 0 amide bonds. The minimum atomic E-state index is -0.613. The van der Waals surface area contributed by atoms with E-state index in [9.17, 15) is 4.79 Å². The Labute approximate surface area is 201 Å². The van der Waals surface area contributed by atoms with Crippen LogP contribution in [-0.2, 0) is 29.4 Å². The molecule has 180 valence electrons. The highest BCUT2D eigenvalue weighted by molar-refractivity contribution is 5.75. The number of methoxy groups -OCH3 is 1. The van der Waals surface area contributed by atoms with E-state index in [1.54, 1.807) is 5.23 Å². The molecule has 2 aliphatic carbocycles. The number of benzene rings is 2. The van der Waals surface area contributed by atoms with Gasteiger partial charge in [0.2, 0.25) is 0 Å². The number of hydrogen-bond donors (Lipinski definition) is 0. The van der Waals surface area contributed by atoms with E-state index in [-0.39, 0.29) is 28.9 Å². The molecule has 6 atom stereocenters. The molecule has 6 rings (SSSR count). The molecule has 0 aromatic heterocycles. The second-order valence-corrected chi connectivity index (χ2v) is 10.4. The zero-order valence-corrected chi connectivity index (χ0v) is 19.9. The molecule has 2 saturated heterocycles. The highest BCUT2D eigenvalue weighted by Crippen LogP contribution is 2.57. The van der Waals surface area contributed by atoms with Gasteiger partial charge in [-0.2, -0.15) is 0 Å². The van der Waals surface area contributed by atoms with Crippen molar-refractivity contribution in [3.63, 3.8) is 0 Å². The lowest BCUT2D eigenvalue weighted by atomic mass is 9.71. The zero-order valence-electron chi connectivity index (χ0n) is 19.9. The van der Waals surface area contributed by atoms with Crippen LogP contribution < -0.4 is 0 Å². The summed E-state index contributed by atoms with van der Waals surface area (Å²) in [7, 11) is 1.41. The van der Waals surface area contributed by atoms with Gasteiger partial charge in [-0.15, -0.1) is 0 Å². The zero-order chi connectivity index (χ0) is 23.3. The maximum Gasteiger partial charge on any atom is 0.337 e. The summed E-state index contributed by atoms with van der Waals surface area (Å²) >= 11 is 0. The molecule has 2 aliphatic heterocycles. The highest BCUT2D eigenvalue weighted by atomic mass is 17.0. The first-order valence-electron chi connectivity index (χ1n) is 12.6. The number of nitrogens with zero attached hydrogens (tertiary/aromatic N) is 1. The van der Waals surface area contributed by atoms with Crippen molar-refractivity contribution in [1.82, 2.24) is 5.23 Å². The van der Waals surface area contributed by atoms with Crippen LogP contribution in [0.5, 0.6) is 0 Å². The molecule has 2 aromatic rings. The Hall–Kier alpha value is -2.25. The van der Waals surface area contributed by atoms with Crippen molar-refractivity contribution in [2.24, 2.45) is 11.8 Å². The molecule has 34 heavy (non-hydrogen) atoms. The van der Waals surface area contributed by atoms with Gasteiger partial charge in [0.1, 0.15) is 0 Å². The topological polar surface area (TPSA) is 57.2 Å². The van der Waals surface area contributed by atoms with Crippen LogP contribution in [-0.4, -0.2) is 42.3 Å². The summed E-state index contributed by atoms with van der Waals surface area (Å²) in [6.07, 6.45) is 4.82. The fourth-order valence-electron chi connectivity index (χ4n) is 7.22. The molecule has 2 saturated carbocycles. The van der Waals surface area contributed by atoms with Gasteiger partial charge in [-0.05, 0) is 56.1 Å². The summed E-state index contributed by atoms with van der Waals surface area (Å²) in [6.45, 7) is 2.16. The monoisotopic (exact) mass is 463 g/mol. The first-order chi connectivity index (χ1) is 16.6. The molecule has 4 fully saturated rings. The summed E-state index contributed by atoms with van der Waals surface area (Å²) in [5.74, 6) is 0.0885. The third kappa shape index (κ3) is 3.19. The van der Waals surface area contributed by atoms with Gasteiger partial charge < -0.3 is 9.47 Å². The molecule has 4 aliphatic rings. The lowest BCUT2D eigenvalue weighted by Crippen LogP contribution is -2.55. The van der Waals surface area contributed by atoms with Gasteiger partial charge in [0.05, 0.1) is 18.8 Å². The van der Waals surface area contributed by atoms with Gasteiger partial charge in [-0.3, -0.25) is 4.84 Å². The molecule has 0 radical (unpaired) electrons. The van der Waals surface area contributed by atoms with Crippen LogP contribution in [0.2, 0.25) is 0 Å². The Balaban J connectivity index is 1.29. The Morgan fingerprint density at radius 2 is 1.65 bits per heavy atom. The van der Waals surface area contributed by atoms with Crippen LogP contribution >= 0.6 is 0 Å². The van der Waals surface area contributed by atoms with E-state index in [0.29, 0.717) is 5.92 Å². The van der Waals surface area contributed by atoms with Crippen molar-refractivity contribution >= 4 is 5.97 Å². The number of ether oxygens (including phenoxy) is 2. The summed E-state index contributed by atoms with van der Waals surface area (Å²) in [4.78, 5) is 24.7. The Morgan fingerprint density at radius 3 is 2.29 bits per heavy atom. The molecular weight excluding hydrogens is 430 g/mol.